The maximum atomic E-state index is 9.94. The zero-order valence-corrected chi connectivity index (χ0v) is 8.36. The molecule has 0 amide bonds. The first-order chi connectivity index (χ1) is 7.14. The number of nitrogens with one attached hydrogen (secondary N) is 2. The Bertz CT molecular complexity index is 184. The van der Waals surface area contributed by atoms with Gasteiger partial charge in [-0.1, -0.05) is 6.42 Å². The van der Waals surface area contributed by atoms with E-state index in [1.807, 2.05) is 0 Å². The highest BCUT2D eigenvalue weighted by atomic mass is 16.1. The molecule has 0 aromatic heterocycles. The van der Waals surface area contributed by atoms with Gasteiger partial charge in [0.2, 0.25) is 12.2 Å². The van der Waals surface area contributed by atoms with Crippen LogP contribution in [0.4, 0.5) is 0 Å². The molecule has 0 aliphatic carbocycles. The Morgan fingerprint density at radius 3 is 1.87 bits per heavy atom. The van der Waals surface area contributed by atoms with Crippen LogP contribution in [0.1, 0.15) is 19.3 Å². The highest BCUT2D eigenvalue weighted by Gasteiger charge is 1.96. The van der Waals surface area contributed by atoms with E-state index < -0.39 is 0 Å². The van der Waals surface area contributed by atoms with Crippen molar-refractivity contribution in [1.29, 1.82) is 10.8 Å². The Balaban J connectivity index is -0.000000200. The highest BCUT2D eigenvalue weighted by molar-refractivity contribution is 5.56. The van der Waals surface area contributed by atoms with E-state index in [9.17, 15) is 4.79 Å². The zero-order chi connectivity index (χ0) is 12.5. The lowest BCUT2D eigenvalue weighted by Crippen LogP contribution is -2.21. The van der Waals surface area contributed by atoms with Gasteiger partial charge in [-0.15, -0.1) is 0 Å². The molecule has 1 unspecified atom stereocenters. The molecule has 0 radical (unpaired) electrons. The second-order valence-electron chi connectivity index (χ2n) is 2.29. The summed E-state index contributed by atoms with van der Waals surface area (Å²) in [4.78, 5) is 26.6. The van der Waals surface area contributed by atoms with Gasteiger partial charge in [0.15, 0.2) is 0 Å². The zero-order valence-electron chi connectivity index (χ0n) is 8.36. The van der Waals surface area contributed by atoms with E-state index >= 15 is 0 Å². The normalized spacial score (nSPS) is 8.93. The van der Waals surface area contributed by atoms with Crippen LogP contribution < -0.4 is 11.5 Å². The van der Waals surface area contributed by atoms with E-state index in [-0.39, 0.29) is 6.04 Å². The number of carbonyl (C=O) groups excluding carboxylic acids is 3. The van der Waals surface area contributed by atoms with Gasteiger partial charge in [0.1, 0.15) is 6.29 Å². The van der Waals surface area contributed by atoms with Crippen LogP contribution in [0.15, 0.2) is 0 Å². The Morgan fingerprint density at radius 2 is 1.60 bits per heavy atom. The van der Waals surface area contributed by atoms with Gasteiger partial charge in [-0.05, 0) is 19.4 Å². The first-order valence-electron chi connectivity index (χ1n) is 4.13. The van der Waals surface area contributed by atoms with E-state index in [1.165, 1.54) is 0 Å². The molecule has 7 heteroatoms. The molecule has 0 aromatic rings. The van der Waals surface area contributed by atoms with Crippen molar-refractivity contribution in [2.75, 3.05) is 6.54 Å². The number of hydrogen-bond donors (Lipinski definition) is 4. The fraction of sp³-hybridized carbons (Fsp3) is 0.625. The standard InChI is InChI=1S/C6H14N2O.2CHNO/c7-4-2-1-3-6(8)5-9;2*2-1-3/h5-6H,1-4,7-8H2;2*2H. The summed E-state index contributed by atoms with van der Waals surface area (Å²) < 4.78 is 0. The van der Waals surface area contributed by atoms with Crippen molar-refractivity contribution in [3.63, 3.8) is 0 Å². The Labute approximate surface area is 87.8 Å². The van der Waals surface area contributed by atoms with Gasteiger partial charge in [-0.3, -0.25) is 0 Å². The lowest BCUT2D eigenvalue weighted by molar-refractivity contribution is -0.109. The number of hydrogen-bond acceptors (Lipinski definition) is 7. The number of unbranched alkanes of at least 4 members (excludes halogenated alkanes) is 1. The maximum absolute atomic E-state index is 9.94. The van der Waals surface area contributed by atoms with Crippen LogP contribution >= 0.6 is 0 Å². The largest absolute Gasteiger partial charge is 0.330 e. The van der Waals surface area contributed by atoms with Crippen LogP contribution in [-0.2, 0) is 14.4 Å². The van der Waals surface area contributed by atoms with Crippen LogP contribution in [0.5, 0.6) is 0 Å². The molecule has 6 N–H and O–H groups in total. The van der Waals surface area contributed by atoms with Gasteiger partial charge in [-0.2, -0.15) is 0 Å². The molecular formula is C8H16N4O3. The molecular weight excluding hydrogens is 200 g/mol. The molecule has 15 heavy (non-hydrogen) atoms. The van der Waals surface area contributed by atoms with Gasteiger partial charge in [0.05, 0.1) is 6.04 Å². The summed E-state index contributed by atoms with van der Waals surface area (Å²) in [5.41, 5.74) is 10.5. The molecule has 86 valence electrons. The van der Waals surface area contributed by atoms with Crippen LogP contribution in [0.2, 0.25) is 0 Å². The molecule has 0 bridgehead atoms. The maximum Gasteiger partial charge on any atom is 0.231 e. The van der Waals surface area contributed by atoms with Gasteiger partial charge >= 0.3 is 0 Å². The van der Waals surface area contributed by atoms with Gasteiger partial charge in [0, 0.05) is 0 Å². The van der Waals surface area contributed by atoms with Crippen molar-refractivity contribution >= 4 is 18.4 Å². The third-order valence-electron chi connectivity index (χ3n) is 1.17. The Morgan fingerprint density at radius 1 is 1.20 bits per heavy atom. The summed E-state index contributed by atoms with van der Waals surface area (Å²) >= 11 is 0. The Kier molecular flexibility index (Phi) is 28.9. The number of aldehydes is 1. The molecule has 0 spiro atoms. The Hall–Kier alpha value is -1.65. The smallest absolute Gasteiger partial charge is 0.231 e. The molecule has 7 nitrogen and oxygen atoms in total. The molecule has 0 fully saturated rings. The van der Waals surface area contributed by atoms with Crippen LogP contribution in [0.3, 0.4) is 0 Å². The summed E-state index contributed by atoms with van der Waals surface area (Å²) in [6.45, 7) is 0.686. The first kappa shape index (κ1) is 19.0. The van der Waals surface area contributed by atoms with E-state index in [0.29, 0.717) is 6.54 Å². The molecule has 0 aromatic carbocycles. The molecule has 0 heterocycles. The van der Waals surface area contributed by atoms with Crippen molar-refractivity contribution in [3.8, 4) is 0 Å². The monoisotopic (exact) mass is 216 g/mol. The number of rotatable bonds is 5. The predicted octanol–water partition coefficient (Wildman–Crippen LogP) is -0.556. The summed E-state index contributed by atoms with van der Waals surface area (Å²) in [6.07, 6.45) is 4.95. The third-order valence-corrected chi connectivity index (χ3v) is 1.17. The SMILES string of the molecule is N=C=O.N=C=O.NCCCCC(N)C=O. The molecule has 0 rings (SSSR count). The molecule has 0 aliphatic rings. The van der Waals surface area contributed by atoms with Gasteiger partial charge < -0.3 is 16.3 Å². The van der Waals surface area contributed by atoms with Crippen molar-refractivity contribution in [2.45, 2.75) is 25.3 Å². The second-order valence-corrected chi connectivity index (χ2v) is 2.29. The molecule has 0 aliphatic heterocycles. The lowest BCUT2D eigenvalue weighted by Gasteiger charge is -2.00. The van der Waals surface area contributed by atoms with Crippen molar-refractivity contribution < 1.29 is 14.4 Å². The minimum atomic E-state index is -0.281. The minimum absolute atomic E-state index is 0.281. The summed E-state index contributed by atoms with van der Waals surface area (Å²) in [5, 5.41) is 10.8. The van der Waals surface area contributed by atoms with Gasteiger partial charge in [0.25, 0.3) is 0 Å². The third kappa shape index (κ3) is 46.2. The molecule has 0 saturated heterocycles. The van der Waals surface area contributed by atoms with E-state index in [1.54, 1.807) is 0 Å². The lowest BCUT2D eigenvalue weighted by atomic mass is 10.1. The number of carbonyl (C=O) groups is 1. The fourth-order valence-corrected chi connectivity index (χ4v) is 0.592. The van der Waals surface area contributed by atoms with Crippen molar-refractivity contribution in [3.05, 3.63) is 0 Å². The fourth-order valence-electron chi connectivity index (χ4n) is 0.592. The van der Waals surface area contributed by atoms with E-state index in [4.69, 9.17) is 31.9 Å². The first-order valence-corrected chi connectivity index (χ1v) is 4.13. The summed E-state index contributed by atoms with van der Waals surface area (Å²) in [6, 6.07) is -0.281. The summed E-state index contributed by atoms with van der Waals surface area (Å²) in [7, 11) is 0. The molecule has 0 saturated carbocycles. The topological polar surface area (TPSA) is 151 Å². The number of isocyanates is 2. The van der Waals surface area contributed by atoms with Crippen LogP contribution in [0.25, 0.3) is 0 Å². The average Bonchev–Trinajstić information content (AvgIpc) is 2.20. The molecule has 1 atom stereocenters. The van der Waals surface area contributed by atoms with E-state index in [0.717, 1.165) is 37.7 Å². The number of nitrogens with two attached hydrogens (primary N) is 2. The van der Waals surface area contributed by atoms with Crippen molar-refractivity contribution in [1.82, 2.24) is 0 Å². The average molecular weight is 216 g/mol. The minimum Gasteiger partial charge on any atom is -0.330 e. The van der Waals surface area contributed by atoms with Crippen LogP contribution in [-0.4, -0.2) is 31.0 Å². The van der Waals surface area contributed by atoms with Crippen molar-refractivity contribution in [2.24, 2.45) is 11.5 Å². The highest BCUT2D eigenvalue weighted by Crippen LogP contribution is 1.94. The quantitative estimate of drug-likeness (QED) is 0.210. The van der Waals surface area contributed by atoms with Crippen LogP contribution in [0, 0.1) is 10.8 Å². The summed E-state index contributed by atoms with van der Waals surface area (Å²) in [5.74, 6) is 0. The van der Waals surface area contributed by atoms with Gasteiger partial charge in [-0.25, -0.2) is 20.4 Å². The van der Waals surface area contributed by atoms with E-state index in [2.05, 4.69) is 0 Å². The second kappa shape index (κ2) is 22.8. The predicted molar refractivity (Wildman–Crippen MR) is 53.8 cm³/mol.